The van der Waals surface area contributed by atoms with E-state index in [2.05, 4.69) is 4.98 Å². The molecule has 23 heavy (non-hydrogen) atoms. The van der Waals surface area contributed by atoms with Crippen molar-refractivity contribution < 1.29 is 36.2 Å². The number of hydrogen-bond acceptors (Lipinski definition) is 4. The molecule has 0 spiro atoms. The van der Waals surface area contributed by atoms with Gasteiger partial charge in [-0.2, -0.15) is 26.3 Å². The Morgan fingerprint density at radius 2 is 1.83 bits per heavy atom. The molecule has 11 heteroatoms. The molecule has 0 aliphatic rings. The molecule has 5 nitrogen and oxygen atoms in total. The number of hydrogen-bond donors (Lipinski definition) is 3. The second kappa shape index (κ2) is 5.87. The Morgan fingerprint density at radius 3 is 2.26 bits per heavy atom. The summed E-state index contributed by atoms with van der Waals surface area (Å²) in [6.07, 6.45) is -9.74. The Balaban J connectivity index is 3.01. The van der Waals surface area contributed by atoms with E-state index < -0.39 is 53.0 Å². The SMILES string of the molecule is Cc1nc(C(=O)NCC(C)(O)C(F)(F)F)c(N)cc1C(F)(F)F. The number of pyridine rings is 1. The molecule has 0 radical (unpaired) electrons. The first kappa shape index (κ1) is 19.0. The van der Waals surface area contributed by atoms with E-state index in [1.165, 1.54) is 0 Å². The van der Waals surface area contributed by atoms with Gasteiger partial charge in [0.15, 0.2) is 11.3 Å². The molecule has 1 unspecified atom stereocenters. The van der Waals surface area contributed by atoms with Gasteiger partial charge in [-0.15, -0.1) is 0 Å². The van der Waals surface area contributed by atoms with Crippen LogP contribution in [0.3, 0.4) is 0 Å². The minimum absolute atomic E-state index is 0.433. The quantitative estimate of drug-likeness (QED) is 0.732. The van der Waals surface area contributed by atoms with Crippen molar-refractivity contribution in [2.75, 3.05) is 12.3 Å². The number of halogens is 6. The predicted octanol–water partition coefficient (Wildman–Crippen LogP) is 2.03. The third-order valence-electron chi connectivity index (χ3n) is 2.97. The van der Waals surface area contributed by atoms with Gasteiger partial charge in [0.2, 0.25) is 0 Å². The Kier molecular flexibility index (Phi) is 4.85. The van der Waals surface area contributed by atoms with Crippen LogP contribution in [0.2, 0.25) is 0 Å². The van der Waals surface area contributed by atoms with Crippen molar-refractivity contribution in [1.82, 2.24) is 10.3 Å². The molecule has 0 saturated heterocycles. The Hall–Kier alpha value is -2.04. The van der Waals surface area contributed by atoms with Crippen LogP contribution >= 0.6 is 0 Å². The van der Waals surface area contributed by atoms with Crippen LogP contribution in [0.5, 0.6) is 0 Å². The molecule has 0 saturated carbocycles. The van der Waals surface area contributed by atoms with Crippen LogP contribution in [-0.2, 0) is 6.18 Å². The van der Waals surface area contributed by atoms with Crippen molar-refractivity contribution in [1.29, 1.82) is 0 Å². The van der Waals surface area contributed by atoms with Gasteiger partial charge in [0.1, 0.15) is 0 Å². The van der Waals surface area contributed by atoms with Gasteiger partial charge in [-0.1, -0.05) is 0 Å². The zero-order valence-electron chi connectivity index (χ0n) is 11.9. The van der Waals surface area contributed by atoms with Crippen molar-refractivity contribution in [3.8, 4) is 0 Å². The van der Waals surface area contributed by atoms with Crippen LogP contribution in [-0.4, -0.2) is 34.3 Å². The van der Waals surface area contributed by atoms with Gasteiger partial charge in [-0.05, 0) is 19.9 Å². The minimum Gasteiger partial charge on any atom is -0.397 e. The summed E-state index contributed by atoms with van der Waals surface area (Å²) in [6, 6.07) is 0.471. The highest BCUT2D eigenvalue weighted by molar-refractivity contribution is 5.97. The van der Waals surface area contributed by atoms with E-state index >= 15 is 0 Å². The number of amides is 1. The number of rotatable bonds is 3. The number of nitrogens with zero attached hydrogens (tertiary/aromatic N) is 1. The molecule has 1 atom stereocenters. The van der Waals surface area contributed by atoms with Crippen LogP contribution in [0.4, 0.5) is 32.0 Å². The second-order valence-electron chi connectivity index (χ2n) is 5.01. The number of aromatic nitrogens is 1. The first-order valence-electron chi connectivity index (χ1n) is 6.08. The fourth-order valence-corrected chi connectivity index (χ4v) is 1.53. The van der Waals surface area contributed by atoms with Crippen LogP contribution < -0.4 is 11.1 Å². The number of carbonyl (C=O) groups is 1. The smallest absolute Gasteiger partial charge is 0.397 e. The number of aliphatic hydroxyl groups is 1. The molecule has 1 aromatic heterocycles. The highest BCUT2D eigenvalue weighted by Crippen LogP contribution is 2.33. The van der Waals surface area contributed by atoms with E-state index in [0.29, 0.717) is 13.0 Å². The molecule has 1 amide bonds. The number of nitrogens with two attached hydrogens (primary N) is 1. The fraction of sp³-hybridized carbons (Fsp3) is 0.500. The lowest BCUT2D eigenvalue weighted by atomic mass is 10.1. The van der Waals surface area contributed by atoms with E-state index in [1.807, 2.05) is 0 Å². The van der Waals surface area contributed by atoms with Gasteiger partial charge in [-0.3, -0.25) is 4.79 Å². The van der Waals surface area contributed by atoms with Crippen LogP contribution in [0, 0.1) is 6.92 Å². The van der Waals surface area contributed by atoms with E-state index in [9.17, 15) is 36.2 Å². The zero-order chi connectivity index (χ0) is 18.2. The highest BCUT2D eigenvalue weighted by Gasteiger charge is 2.50. The molecule has 130 valence electrons. The number of carbonyl (C=O) groups excluding carboxylic acids is 1. The molecule has 1 aromatic rings. The molecule has 0 aliphatic heterocycles. The average molecular weight is 345 g/mol. The molecule has 1 heterocycles. The third kappa shape index (κ3) is 4.24. The number of aryl methyl sites for hydroxylation is 1. The number of anilines is 1. The summed E-state index contributed by atoms with van der Waals surface area (Å²) in [7, 11) is 0. The molecule has 4 N–H and O–H groups in total. The van der Waals surface area contributed by atoms with Gasteiger partial charge in [-0.25, -0.2) is 4.98 Å². The van der Waals surface area contributed by atoms with E-state index in [-0.39, 0.29) is 0 Å². The molecule has 0 aliphatic carbocycles. The normalized spacial score (nSPS) is 15.2. The van der Waals surface area contributed by atoms with Crippen molar-refractivity contribution in [3.05, 3.63) is 23.0 Å². The predicted molar refractivity (Wildman–Crippen MR) is 67.4 cm³/mol. The maximum absolute atomic E-state index is 12.6. The lowest BCUT2D eigenvalue weighted by Crippen LogP contribution is -2.51. The maximum Gasteiger partial charge on any atom is 0.418 e. The summed E-state index contributed by atoms with van der Waals surface area (Å²) in [5, 5.41) is 10.9. The number of nitrogen functional groups attached to an aromatic ring is 1. The average Bonchev–Trinajstić information content (AvgIpc) is 2.35. The molecular weight excluding hydrogens is 332 g/mol. The first-order valence-corrected chi connectivity index (χ1v) is 6.08. The first-order chi connectivity index (χ1) is 10.2. The molecular formula is C12H13F6N3O2. The van der Waals surface area contributed by atoms with Gasteiger partial charge in [0.25, 0.3) is 5.91 Å². The largest absolute Gasteiger partial charge is 0.418 e. The minimum atomic E-state index is -5.00. The van der Waals surface area contributed by atoms with E-state index in [1.54, 1.807) is 5.32 Å². The Morgan fingerprint density at radius 1 is 1.30 bits per heavy atom. The summed E-state index contributed by atoms with van der Waals surface area (Å²) >= 11 is 0. The van der Waals surface area contributed by atoms with E-state index in [0.717, 1.165) is 6.92 Å². The molecule has 0 bridgehead atoms. The molecule has 1 rings (SSSR count). The van der Waals surface area contributed by atoms with E-state index in [4.69, 9.17) is 5.73 Å². The standard InChI is InChI=1S/C12H13F6N3O2/c1-5-6(11(13,14)15)3-7(19)8(21-5)9(22)20-4-10(2,23)12(16,17)18/h3,23H,4,19H2,1-2H3,(H,20,22). The Labute approximate surface area is 126 Å². The van der Waals surface area contributed by atoms with Gasteiger partial charge >= 0.3 is 12.4 Å². The van der Waals surface area contributed by atoms with Crippen LogP contribution in [0.1, 0.15) is 28.7 Å². The van der Waals surface area contributed by atoms with Crippen LogP contribution in [0.25, 0.3) is 0 Å². The summed E-state index contributed by atoms with van der Waals surface area (Å²) in [5.41, 5.74) is -0.925. The second-order valence-corrected chi connectivity index (χ2v) is 5.01. The Bertz CT molecular complexity index is 610. The maximum atomic E-state index is 12.6. The zero-order valence-corrected chi connectivity index (χ0v) is 11.9. The van der Waals surface area contributed by atoms with Crippen molar-refractivity contribution in [3.63, 3.8) is 0 Å². The fourth-order valence-electron chi connectivity index (χ4n) is 1.53. The van der Waals surface area contributed by atoms with Crippen LogP contribution in [0.15, 0.2) is 6.07 Å². The number of nitrogens with one attached hydrogen (secondary N) is 1. The van der Waals surface area contributed by atoms with Crippen molar-refractivity contribution in [2.45, 2.75) is 31.8 Å². The monoisotopic (exact) mass is 345 g/mol. The lowest BCUT2D eigenvalue weighted by molar-refractivity contribution is -0.249. The lowest BCUT2D eigenvalue weighted by Gasteiger charge is -2.26. The third-order valence-corrected chi connectivity index (χ3v) is 2.97. The summed E-state index contributed by atoms with van der Waals surface area (Å²) in [6.45, 7) is 0.198. The topological polar surface area (TPSA) is 88.2 Å². The van der Waals surface area contributed by atoms with Gasteiger partial charge < -0.3 is 16.2 Å². The summed E-state index contributed by atoms with van der Waals surface area (Å²) in [5.74, 6) is -1.23. The highest BCUT2D eigenvalue weighted by atomic mass is 19.4. The van der Waals surface area contributed by atoms with Gasteiger partial charge in [0.05, 0.1) is 23.5 Å². The summed E-state index contributed by atoms with van der Waals surface area (Å²) in [4.78, 5) is 15.1. The molecule has 0 aromatic carbocycles. The summed E-state index contributed by atoms with van der Waals surface area (Å²) < 4.78 is 75.3. The van der Waals surface area contributed by atoms with Crippen molar-refractivity contribution in [2.24, 2.45) is 0 Å². The van der Waals surface area contributed by atoms with Crippen molar-refractivity contribution >= 4 is 11.6 Å². The number of alkyl halides is 6. The molecule has 0 fully saturated rings. The van der Waals surface area contributed by atoms with Gasteiger partial charge in [0, 0.05) is 0 Å².